The van der Waals surface area contributed by atoms with Crippen LogP contribution < -0.4 is 4.90 Å². The molecule has 1 aromatic carbocycles. The van der Waals surface area contributed by atoms with Crippen molar-refractivity contribution in [3.8, 4) is 0 Å². The van der Waals surface area contributed by atoms with Crippen molar-refractivity contribution < 1.29 is 9.59 Å². The molecular weight excluding hydrogens is 346 g/mol. The molecule has 118 valence electrons. The predicted molar refractivity (Wildman–Crippen MR) is 88.7 cm³/mol. The van der Waals surface area contributed by atoms with Crippen molar-refractivity contribution in [2.24, 2.45) is 0 Å². The van der Waals surface area contributed by atoms with Crippen LogP contribution in [-0.2, 0) is 9.59 Å². The monoisotopic (exact) mass is 365 g/mol. The van der Waals surface area contributed by atoms with Gasteiger partial charge in [-0.2, -0.15) is 0 Å². The summed E-state index contributed by atoms with van der Waals surface area (Å²) < 4.78 is 0.933. The molecule has 1 atom stereocenters. The van der Waals surface area contributed by atoms with Crippen LogP contribution in [0.2, 0.25) is 0 Å². The van der Waals surface area contributed by atoms with Gasteiger partial charge in [-0.3, -0.25) is 14.5 Å². The van der Waals surface area contributed by atoms with Crippen LogP contribution in [0, 0.1) is 0 Å². The molecule has 2 aliphatic heterocycles. The molecule has 1 aromatic rings. The molecule has 2 fully saturated rings. The summed E-state index contributed by atoms with van der Waals surface area (Å²) in [6, 6.07) is 7.01. The highest BCUT2D eigenvalue weighted by atomic mass is 79.9. The van der Waals surface area contributed by atoms with Gasteiger partial charge in [-0.1, -0.05) is 22.9 Å². The first-order valence-electron chi connectivity index (χ1n) is 7.69. The molecule has 2 saturated heterocycles. The highest BCUT2D eigenvalue weighted by Crippen LogP contribution is 2.27. The highest BCUT2D eigenvalue weighted by molar-refractivity contribution is 9.10. The number of benzene rings is 1. The van der Waals surface area contributed by atoms with Crippen LogP contribution in [0.5, 0.6) is 0 Å². The number of nitrogens with zero attached hydrogens (tertiary/aromatic N) is 3. The number of imide groups is 1. The normalized spacial score (nSPS) is 24.3. The van der Waals surface area contributed by atoms with E-state index in [2.05, 4.69) is 32.7 Å². The fraction of sp³-hybridized carbons (Fsp3) is 0.500. The Kier molecular flexibility index (Phi) is 4.61. The first-order valence-corrected chi connectivity index (χ1v) is 8.48. The van der Waals surface area contributed by atoms with Gasteiger partial charge < -0.3 is 4.90 Å². The summed E-state index contributed by atoms with van der Waals surface area (Å²) in [7, 11) is 0. The second-order valence-electron chi connectivity index (χ2n) is 5.73. The second-order valence-corrected chi connectivity index (χ2v) is 6.65. The van der Waals surface area contributed by atoms with Crippen molar-refractivity contribution in [3.63, 3.8) is 0 Å². The van der Waals surface area contributed by atoms with Crippen molar-refractivity contribution in [2.75, 3.05) is 37.6 Å². The van der Waals surface area contributed by atoms with E-state index < -0.39 is 0 Å². The second kappa shape index (κ2) is 6.48. The molecule has 0 radical (unpaired) electrons. The fourth-order valence-electron chi connectivity index (χ4n) is 3.15. The average molecular weight is 366 g/mol. The Balaban J connectivity index is 1.73. The third-order valence-electron chi connectivity index (χ3n) is 4.50. The van der Waals surface area contributed by atoms with E-state index in [-0.39, 0.29) is 17.9 Å². The molecule has 0 N–H and O–H groups in total. The zero-order valence-electron chi connectivity index (χ0n) is 12.7. The number of anilines is 1. The summed E-state index contributed by atoms with van der Waals surface area (Å²) in [6.07, 6.45) is 0.293. The third kappa shape index (κ3) is 2.95. The van der Waals surface area contributed by atoms with Crippen LogP contribution in [0.3, 0.4) is 0 Å². The summed E-state index contributed by atoms with van der Waals surface area (Å²) in [5.74, 6) is -0.187. The minimum Gasteiger partial charge on any atom is -0.301 e. The van der Waals surface area contributed by atoms with Gasteiger partial charge in [0.2, 0.25) is 5.91 Å². The molecule has 0 spiro atoms. The lowest BCUT2D eigenvalue weighted by Gasteiger charge is -2.36. The zero-order chi connectivity index (χ0) is 15.7. The standard InChI is InChI=1S/C16H20BrN3O2/c1-2-18-7-9-19(10-8-18)14-11-15(21)20(16(14)22)13-5-3-12(17)4-6-13/h3-6,14H,2,7-11H2,1H3/t14-/m0/s1. The number of hydrogen-bond acceptors (Lipinski definition) is 4. The zero-order valence-corrected chi connectivity index (χ0v) is 14.3. The predicted octanol–water partition coefficient (Wildman–Crippen LogP) is 1.72. The van der Waals surface area contributed by atoms with Crippen molar-refractivity contribution in [1.82, 2.24) is 9.80 Å². The molecule has 6 heteroatoms. The Morgan fingerprint density at radius 2 is 1.73 bits per heavy atom. The Morgan fingerprint density at radius 3 is 2.32 bits per heavy atom. The molecule has 0 bridgehead atoms. The van der Waals surface area contributed by atoms with Gasteiger partial charge in [-0.05, 0) is 30.8 Å². The lowest BCUT2D eigenvalue weighted by Crippen LogP contribution is -2.52. The van der Waals surface area contributed by atoms with E-state index in [0.29, 0.717) is 12.1 Å². The number of halogens is 1. The van der Waals surface area contributed by atoms with Gasteiger partial charge in [0.05, 0.1) is 18.2 Å². The van der Waals surface area contributed by atoms with E-state index in [9.17, 15) is 9.59 Å². The maximum atomic E-state index is 12.7. The largest absolute Gasteiger partial charge is 0.301 e. The molecule has 2 heterocycles. The van der Waals surface area contributed by atoms with Crippen LogP contribution in [0.25, 0.3) is 0 Å². The Hall–Kier alpha value is -1.24. The number of amides is 2. The lowest BCUT2D eigenvalue weighted by molar-refractivity contribution is -0.123. The molecular formula is C16H20BrN3O2. The quantitative estimate of drug-likeness (QED) is 0.765. The van der Waals surface area contributed by atoms with Crippen molar-refractivity contribution in [2.45, 2.75) is 19.4 Å². The van der Waals surface area contributed by atoms with Crippen LogP contribution >= 0.6 is 15.9 Å². The number of carbonyl (C=O) groups is 2. The van der Waals surface area contributed by atoms with Crippen molar-refractivity contribution in [3.05, 3.63) is 28.7 Å². The van der Waals surface area contributed by atoms with Crippen LogP contribution in [0.1, 0.15) is 13.3 Å². The van der Waals surface area contributed by atoms with Gasteiger partial charge in [0, 0.05) is 30.7 Å². The maximum absolute atomic E-state index is 12.7. The van der Waals surface area contributed by atoms with Gasteiger partial charge >= 0.3 is 0 Å². The first kappa shape index (κ1) is 15.6. The third-order valence-corrected chi connectivity index (χ3v) is 5.03. The molecule has 22 heavy (non-hydrogen) atoms. The Bertz CT molecular complexity index is 567. The highest BCUT2D eigenvalue weighted by Gasteiger charge is 2.43. The molecule has 2 aliphatic rings. The minimum atomic E-state index is -0.296. The Labute approximate surface area is 139 Å². The summed E-state index contributed by atoms with van der Waals surface area (Å²) in [6.45, 7) is 6.82. The maximum Gasteiger partial charge on any atom is 0.251 e. The van der Waals surface area contributed by atoms with E-state index in [0.717, 1.165) is 37.2 Å². The summed E-state index contributed by atoms with van der Waals surface area (Å²) >= 11 is 3.37. The van der Waals surface area contributed by atoms with Gasteiger partial charge in [0.1, 0.15) is 0 Å². The van der Waals surface area contributed by atoms with E-state index in [1.807, 2.05) is 12.1 Å². The van der Waals surface area contributed by atoms with E-state index in [1.54, 1.807) is 12.1 Å². The summed E-state index contributed by atoms with van der Waals surface area (Å²) in [5.41, 5.74) is 0.660. The molecule has 0 saturated carbocycles. The minimum absolute atomic E-state index is 0.0859. The summed E-state index contributed by atoms with van der Waals surface area (Å²) in [4.78, 5) is 30.8. The van der Waals surface area contributed by atoms with Gasteiger partial charge in [-0.15, -0.1) is 0 Å². The SMILES string of the molecule is CCN1CCN([C@H]2CC(=O)N(c3ccc(Br)cc3)C2=O)CC1. The fourth-order valence-corrected chi connectivity index (χ4v) is 3.42. The van der Waals surface area contributed by atoms with Gasteiger partial charge in [-0.25, -0.2) is 4.90 Å². The smallest absolute Gasteiger partial charge is 0.251 e. The van der Waals surface area contributed by atoms with Crippen LogP contribution in [0.4, 0.5) is 5.69 Å². The van der Waals surface area contributed by atoms with Gasteiger partial charge in [0.15, 0.2) is 0 Å². The topological polar surface area (TPSA) is 43.9 Å². The van der Waals surface area contributed by atoms with Crippen molar-refractivity contribution in [1.29, 1.82) is 0 Å². The lowest BCUT2D eigenvalue weighted by atomic mass is 10.1. The van der Waals surface area contributed by atoms with E-state index >= 15 is 0 Å². The molecule has 0 aliphatic carbocycles. The molecule has 0 aromatic heterocycles. The number of likely N-dealkylation sites (N-methyl/N-ethyl adjacent to an activating group) is 1. The van der Waals surface area contributed by atoms with Crippen LogP contribution in [0.15, 0.2) is 28.7 Å². The first-order chi connectivity index (χ1) is 10.6. The Morgan fingerprint density at radius 1 is 1.09 bits per heavy atom. The van der Waals surface area contributed by atoms with Gasteiger partial charge in [0.25, 0.3) is 5.91 Å². The number of carbonyl (C=O) groups excluding carboxylic acids is 2. The average Bonchev–Trinajstić information content (AvgIpc) is 2.83. The molecule has 2 amide bonds. The molecule has 5 nitrogen and oxygen atoms in total. The van der Waals surface area contributed by atoms with E-state index in [4.69, 9.17) is 0 Å². The van der Waals surface area contributed by atoms with Crippen molar-refractivity contribution >= 4 is 33.4 Å². The van der Waals surface area contributed by atoms with Crippen LogP contribution in [-0.4, -0.2) is 60.4 Å². The number of rotatable bonds is 3. The summed E-state index contributed by atoms with van der Waals surface area (Å²) in [5, 5.41) is 0. The molecule has 3 rings (SSSR count). The van der Waals surface area contributed by atoms with E-state index in [1.165, 1.54) is 4.90 Å². The molecule has 0 unspecified atom stereocenters. The number of piperazine rings is 1. The number of hydrogen-bond donors (Lipinski definition) is 0.